The normalized spacial score (nSPS) is 10.1. The lowest BCUT2D eigenvalue weighted by Crippen LogP contribution is -1.74. The Morgan fingerprint density at radius 3 is 1.94 bits per heavy atom. The Kier molecular flexibility index (Phi) is 4.49. The van der Waals surface area contributed by atoms with Crippen molar-refractivity contribution in [2.45, 2.75) is 11.6 Å². The van der Waals surface area contributed by atoms with Crippen molar-refractivity contribution in [2.24, 2.45) is 0 Å². The first-order chi connectivity index (χ1) is 7.52. The highest BCUT2D eigenvalue weighted by atomic mass is 32.1. The van der Waals surface area contributed by atoms with Gasteiger partial charge in [0.2, 0.25) is 0 Å². The van der Waals surface area contributed by atoms with Gasteiger partial charge in [-0.25, -0.2) is 0 Å². The molecule has 0 radical (unpaired) electrons. The maximum Gasteiger partial charge on any atom is 0.379 e. The average Bonchev–Trinajstić information content (AvgIpc) is 2.23. The molecule has 5 heteroatoms. The number of phenolic OH excluding ortho intramolecular Hbond substituents is 1. The summed E-state index contributed by atoms with van der Waals surface area (Å²) < 4.78 is 29.0. The topological polar surface area (TPSA) is 20.2 Å². The van der Waals surface area contributed by atoms with Crippen LogP contribution in [0.3, 0.4) is 0 Å². The standard InChI is InChI=1S/C10H8OS.CHF3/c11-9-5-6-10(12)8-4-2-1-3-7(8)9;2-1(3)4/h1-6,11-12H;1H. The molecule has 16 heavy (non-hydrogen) atoms. The smallest absolute Gasteiger partial charge is 0.379 e. The van der Waals surface area contributed by atoms with Crippen LogP contribution in [0.15, 0.2) is 41.3 Å². The number of halogens is 3. The number of hydrogen-bond acceptors (Lipinski definition) is 2. The molecule has 0 heterocycles. The Hall–Kier alpha value is -1.36. The summed E-state index contributed by atoms with van der Waals surface area (Å²) in [6.45, 7) is -3.67. The molecule has 2 aromatic rings. The molecule has 1 nitrogen and oxygen atoms in total. The number of alkyl halides is 3. The van der Waals surface area contributed by atoms with Crippen LogP contribution in [0, 0.1) is 0 Å². The van der Waals surface area contributed by atoms with Crippen LogP contribution in [0.2, 0.25) is 0 Å². The fourth-order valence-electron chi connectivity index (χ4n) is 1.27. The number of thiol groups is 1. The van der Waals surface area contributed by atoms with Gasteiger partial charge in [-0.1, -0.05) is 24.3 Å². The van der Waals surface area contributed by atoms with Crippen LogP contribution in [0.5, 0.6) is 5.75 Å². The highest BCUT2D eigenvalue weighted by Gasteiger charge is 2.00. The quantitative estimate of drug-likeness (QED) is 0.673. The summed E-state index contributed by atoms with van der Waals surface area (Å²) in [4.78, 5) is 0.892. The third-order valence-corrected chi connectivity index (χ3v) is 2.27. The maximum absolute atomic E-state index is 9.67. The van der Waals surface area contributed by atoms with Crippen molar-refractivity contribution in [1.29, 1.82) is 0 Å². The van der Waals surface area contributed by atoms with E-state index in [2.05, 4.69) is 12.6 Å². The minimum Gasteiger partial charge on any atom is -0.507 e. The van der Waals surface area contributed by atoms with E-state index in [9.17, 15) is 18.3 Å². The summed E-state index contributed by atoms with van der Waals surface area (Å²) in [6.07, 6.45) is 0. The first kappa shape index (κ1) is 12.7. The Morgan fingerprint density at radius 1 is 0.938 bits per heavy atom. The van der Waals surface area contributed by atoms with Crippen LogP contribution in [0.25, 0.3) is 10.8 Å². The molecule has 0 aliphatic rings. The van der Waals surface area contributed by atoms with Gasteiger partial charge >= 0.3 is 6.68 Å². The van der Waals surface area contributed by atoms with Gasteiger partial charge < -0.3 is 5.11 Å². The molecular weight excluding hydrogens is 237 g/mol. The Balaban J connectivity index is 0.000000280. The average molecular weight is 246 g/mol. The maximum atomic E-state index is 9.67. The van der Waals surface area contributed by atoms with Crippen LogP contribution < -0.4 is 0 Å². The molecule has 0 unspecified atom stereocenters. The van der Waals surface area contributed by atoms with Crippen LogP contribution in [-0.2, 0) is 0 Å². The van der Waals surface area contributed by atoms with Gasteiger partial charge in [-0.15, -0.1) is 12.6 Å². The summed E-state index contributed by atoms with van der Waals surface area (Å²) in [7, 11) is 0. The van der Waals surface area contributed by atoms with E-state index in [4.69, 9.17) is 0 Å². The molecule has 0 aliphatic heterocycles. The zero-order valence-electron chi connectivity index (χ0n) is 8.07. The first-order valence-electron chi connectivity index (χ1n) is 4.34. The van der Waals surface area contributed by atoms with E-state index in [1.165, 1.54) is 0 Å². The monoisotopic (exact) mass is 246 g/mol. The third kappa shape index (κ3) is 3.34. The summed E-state index contributed by atoms with van der Waals surface area (Å²) in [6, 6.07) is 11.1. The van der Waals surface area contributed by atoms with Crippen LogP contribution in [0.1, 0.15) is 0 Å². The van der Waals surface area contributed by atoms with Crippen molar-refractivity contribution in [1.82, 2.24) is 0 Å². The van der Waals surface area contributed by atoms with Gasteiger partial charge in [0, 0.05) is 10.3 Å². The summed E-state index contributed by atoms with van der Waals surface area (Å²) in [5, 5.41) is 11.3. The Morgan fingerprint density at radius 2 is 1.44 bits per heavy atom. The van der Waals surface area contributed by atoms with Crippen molar-refractivity contribution in [3.8, 4) is 5.75 Å². The second-order valence-corrected chi connectivity index (χ2v) is 3.38. The van der Waals surface area contributed by atoms with Crippen LogP contribution in [-0.4, -0.2) is 11.8 Å². The van der Waals surface area contributed by atoms with Crippen LogP contribution >= 0.6 is 12.6 Å². The van der Waals surface area contributed by atoms with E-state index in [0.29, 0.717) is 5.75 Å². The zero-order chi connectivity index (χ0) is 12.1. The number of benzene rings is 2. The zero-order valence-corrected chi connectivity index (χ0v) is 8.96. The molecule has 0 saturated heterocycles. The molecule has 0 aromatic heterocycles. The predicted octanol–water partition coefficient (Wildman–Crippen LogP) is 4.01. The molecule has 2 rings (SSSR count). The highest BCUT2D eigenvalue weighted by Crippen LogP contribution is 2.28. The summed E-state index contributed by atoms with van der Waals surface area (Å²) in [5.74, 6) is 0.309. The molecule has 0 spiro atoms. The van der Waals surface area contributed by atoms with E-state index in [1.54, 1.807) is 12.1 Å². The molecular formula is C11H9F3OS. The van der Waals surface area contributed by atoms with Crippen LogP contribution in [0.4, 0.5) is 13.2 Å². The van der Waals surface area contributed by atoms with E-state index in [0.717, 1.165) is 15.7 Å². The van der Waals surface area contributed by atoms with Gasteiger partial charge in [-0.2, -0.15) is 13.2 Å². The van der Waals surface area contributed by atoms with Gasteiger partial charge in [0.15, 0.2) is 0 Å². The van der Waals surface area contributed by atoms with Gasteiger partial charge in [0.25, 0.3) is 0 Å². The minimum absolute atomic E-state index is 0.309. The Labute approximate surface area is 95.9 Å². The summed E-state index contributed by atoms with van der Waals surface area (Å²) in [5.41, 5.74) is 0. The summed E-state index contributed by atoms with van der Waals surface area (Å²) >= 11 is 4.29. The molecule has 1 N–H and O–H groups in total. The first-order valence-corrected chi connectivity index (χ1v) is 4.79. The third-order valence-electron chi connectivity index (χ3n) is 1.88. The molecule has 0 atom stereocenters. The van der Waals surface area contributed by atoms with Crippen molar-refractivity contribution in [3.05, 3.63) is 36.4 Å². The van der Waals surface area contributed by atoms with E-state index < -0.39 is 6.68 Å². The fraction of sp³-hybridized carbons (Fsp3) is 0.0909. The lowest BCUT2D eigenvalue weighted by molar-refractivity contribution is 0.00819. The van der Waals surface area contributed by atoms with Gasteiger partial charge in [-0.3, -0.25) is 0 Å². The molecule has 0 aliphatic carbocycles. The minimum atomic E-state index is -3.67. The number of hydrogen-bond donors (Lipinski definition) is 2. The van der Waals surface area contributed by atoms with Crippen molar-refractivity contribution in [2.75, 3.05) is 0 Å². The molecule has 2 aromatic carbocycles. The lowest BCUT2D eigenvalue weighted by atomic mass is 10.1. The lowest BCUT2D eigenvalue weighted by Gasteiger charge is -2.02. The SMILES string of the molecule is FC(F)F.Oc1ccc(S)c2ccccc12. The van der Waals surface area contributed by atoms with Gasteiger partial charge in [0.1, 0.15) is 5.75 Å². The molecule has 0 fully saturated rings. The molecule has 0 saturated carbocycles. The molecule has 86 valence electrons. The number of aromatic hydroxyl groups is 1. The predicted molar refractivity (Wildman–Crippen MR) is 60.0 cm³/mol. The van der Waals surface area contributed by atoms with E-state index in [-0.39, 0.29) is 0 Å². The van der Waals surface area contributed by atoms with E-state index in [1.807, 2.05) is 24.3 Å². The second kappa shape index (κ2) is 5.65. The number of fused-ring (bicyclic) bond motifs is 1. The van der Waals surface area contributed by atoms with E-state index >= 15 is 0 Å². The fourth-order valence-corrected chi connectivity index (χ4v) is 1.54. The van der Waals surface area contributed by atoms with Gasteiger partial charge in [-0.05, 0) is 17.5 Å². The van der Waals surface area contributed by atoms with Crippen molar-refractivity contribution < 1.29 is 18.3 Å². The number of rotatable bonds is 0. The molecule has 0 bridgehead atoms. The van der Waals surface area contributed by atoms with Gasteiger partial charge in [0.05, 0.1) is 0 Å². The number of phenols is 1. The largest absolute Gasteiger partial charge is 0.507 e. The second-order valence-electron chi connectivity index (χ2n) is 2.90. The Bertz CT molecular complexity index is 430. The molecule has 0 amide bonds. The van der Waals surface area contributed by atoms with Crippen molar-refractivity contribution >= 4 is 23.4 Å². The highest BCUT2D eigenvalue weighted by molar-refractivity contribution is 7.80. The van der Waals surface area contributed by atoms with Crippen molar-refractivity contribution in [3.63, 3.8) is 0 Å².